The molecule has 1 aromatic carbocycles. The van der Waals surface area contributed by atoms with Crippen molar-refractivity contribution in [2.24, 2.45) is 11.8 Å². The monoisotopic (exact) mass is 570 g/mol. The molecule has 1 aromatic heterocycles. The summed E-state index contributed by atoms with van der Waals surface area (Å²) in [5.74, 6) is -6.28. The lowest BCUT2D eigenvalue weighted by molar-refractivity contribution is -0.179. The number of methoxy groups -OCH3 is 1. The number of hydrogen-bond acceptors (Lipinski definition) is 6. The van der Waals surface area contributed by atoms with Crippen LogP contribution in [0.15, 0.2) is 35.9 Å². The second-order valence-electron chi connectivity index (χ2n) is 11.3. The van der Waals surface area contributed by atoms with E-state index in [9.17, 15) is 19.2 Å². The predicted molar refractivity (Wildman–Crippen MR) is 142 cm³/mol. The third kappa shape index (κ3) is 4.93. The molecular formula is C29H32F2N4O6. The molecule has 10 nitrogen and oxygen atoms in total. The summed E-state index contributed by atoms with van der Waals surface area (Å²) in [6.45, 7) is 0.713. The fraction of sp³-hybridized carbons (Fsp3) is 0.517. The van der Waals surface area contributed by atoms with Gasteiger partial charge in [-0.15, -0.1) is 0 Å². The number of halogens is 2. The number of piperidine rings is 2. The lowest BCUT2D eigenvalue weighted by Crippen LogP contribution is -2.68. The summed E-state index contributed by atoms with van der Waals surface area (Å²) >= 11 is 0. The standard InChI is InChI=1S/C29H32F2N4O6/c1-40-23-4-2-3-21-19(23)13-22(34-21)27(38)35-18-5-6-20(29(30,31)14-18)24(35)26(37)33-17(11-15-7-9-32-25(15)36)12-16-8-10-41-28(16)39/h2-4,12-13,15,17-18,20,24,34H,5-11,14H2,1H3,(H,32,36)(H,33,37)/b16-12-/t15-,17-,18+,20+,24-/m1/s1. The number of amides is 3. The Morgan fingerprint density at radius 3 is 2.78 bits per heavy atom. The van der Waals surface area contributed by atoms with Gasteiger partial charge in [-0.3, -0.25) is 14.4 Å². The van der Waals surface area contributed by atoms with Gasteiger partial charge in [-0.25, -0.2) is 13.6 Å². The van der Waals surface area contributed by atoms with E-state index in [1.165, 1.54) is 12.0 Å². The van der Waals surface area contributed by atoms with Crippen LogP contribution < -0.4 is 15.4 Å². The SMILES string of the molecule is COc1cccc2[nH]c(C(=O)N3[C@H]4CC[C@@H]([C@@H]3C(=O)N[C@@H](/C=C3/CCOC3=O)C[C@H]3CCNC3=O)C(F)(F)C4)cc12. The lowest BCUT2D eigenvalue weighted by atomic mass is 9.71. The molecule has 4 saturated heterocycles. The van der Waals surface area contributed by atoms with E-state index < -0.39 is 60.1 Å². The van der Waals surface area contributed by atoms with Gasteiger partial charge in [0.25, 0.3) is 11.8 Å². The van der Waals surface area contributed by atoms with Crippen molar-refractivity contribution in [2.75, 3.05) is 20.3 Å². The molecule has 3 N–H and O–H groups in total. The van der Waals surface area contributed by atoms with Gasteiger partial charge in [0.2, 0.25) is 11.8 Å². The first-order valence-corrected chi connectivity index (χ1v) is 14.0. The van der Waals surface area contributed by atoms with E-state index in [2.05, 4.69) is 15.6 Å². The van der Waals surface area contributed by atoms with E-state index >= 15 is 8.78 Å². The predicted octanol–water partition coefficient (Wildman–Crippen LogP) is 2.69. The van der Waals surface area contributed by atoms with Crippen LogP contribution in [0.2, 0.25) is 0 Å². The maximum absolute atomic E-state index is 15.2. The van der Waals surface area contributed by atoms with Crippen LogP contribution in [0.25, 0.3) is 10.9 Å². The number of aromatic nitrogens is 1. The molecule has 0 unspecified atom stereocenters. The number of rotatable bonds is 7. The molecule has 5 heterocycles. The van der Waals surface area contributed by atoms with E-state index in [0.717, 1.165) is 0 Å². The zero-order valence-electron chi connectivity index (χ0n) is 22.6. The van der Waals surface area contributed by atoms with Crippen molar-refractivity contribution in [3.8, 4) is 5.75 Å². The molecule has 5 aliphatic rings. The molecule has 41 heavy (non-hydrogen) atoms. The molecule has 2 bridgehead atoms. The minimum Gasteiger partial charge on any atom is -0.496 e. The van der Waals surface area contributed by atoms with Gasteiger partial charge in [0.05, 0.1) is 19.6 Å². The summed E-state index contributed by atoms with van der Waals surface area (Å²) in [4.78, 5) is 56.6. The van der Waals surface area contributed by atoms with Crippen molar-refractivity contribution in [1.82, 2.24) is 20.5 Å². The topological polar surface area (TPSA) is 130 Å². The van der Waals surface area contributed by atoms with Crippen LogP contribution in [-0.2, 0) is 19.1 Å². The van der Waals surface area contributed by atoms with Crippen molar-refractivity contribution in [3.05, 3.63) is 41.6 Å². The fourth-order valence-corrected chi connectivity index (χ4v) is 6.81. The smallest absolute Gasteiger partial charge is 0.333 e. The number of nitrogens with zero attached hydrogens (tertiary/aromatic N) is 1. The highest BCUT2D eigenvalue weighted by Gasteiger charge is 2.60. The quantitative estimate of drug-likeness (QED) is 0.347. The Bertz CT molecular complexity index is 1440. The van der Waals surface area contributed by atoms with E-state index in [4.69, 9.17) is 9.47 Å². The van der Waals surface area contributed by atoms with E-state index in [0.29, 0.717) is 48.0 Å². The molecule has 12 heteroatoms. The zero-order chi connectivity index (χ0) is 28.9. The number of nitrogens with one attached hydrogen (secondary N) is 3. The maximum atomic E-state index is 15.2. The van der Waals surface area contributed by atoms with Gasteiger partial charge in [-0.1, -0.05) is 12.1 Å². The van der Waals surface area contributed by atoms with Gasteiger partial charge in [-0.05, 0) is 43.9 Å². The van der Waals surface area contributed by atoms with Crippen molar-refractivity contribution in [3.63, 3.8) is 0 Å². The Hall–Kier alpha value is -3.96. The highest BCUT2D eigenvalue weighted by atomic mass is 19.3. The van der Waals surface area contributed by atoms with Gasteiger partial charge in [0.1, 0.15) is 17.5 Å². The zero-order valence-corrected chi connectivity index (χ0v) is 22.6. The van der Waals surface area contributed by atoms with Crippen molar-refractivity contribution >= 4 is 34.6 Å². The van der Waals surface area contributed by atoms with E-state index in [-0.39, 0.29) is 31.0 Å². The number of esters is 1. The second kappa shape index (κ2) is 10.5. The largest absolute Gasteiger partial charge is 0.496 e. The summed E-state index contributed by atoms with van der Waals surface area (Å²) in [5.41, 5.74) is 1.18. The summed E-state index contributed by atoms with van der Waals surface area (Å²) in [6, 6.07) is 3.89. The number of alkyl halides is 2. The molecule has 1 aliphatic carbocycles. The number of cyclic esters (lactones) is 1. The summed E-state index contributed by atoms with van der Waals surface area (Å²) in [6.07, 6.45) is 2.61. The van der Waals surface area contributed by atoms with Gasteiger partial charge in [0.15, 0.2) is 0 Å². The Morgan fingerprint density at radius 1 is 1.27 bits per heavy atom. The molecule has 0 spiro atoms. The van der Waals surface area contributed by atoms with Gasteiger partial charge in [-0.2, -0.15) is 0 Å². The van der Waals surface area contributed by atoms with Crippen LogP contribution >= 0.6 is 0 Å². The first kappa shape index (κ1) is 27.2. The number of H-pyrrole nitrogens is 1. The van der Waals surface area contributed by atoms with Crippen LogP contribution in [-0.4, -0.2) is 77.9 Å². The van der Waals surface area contributed by atoms with Gasteiger partial charge in [0, 0.05) is 53.9 Å². The number of fused-ring (bicyclic) bond motifs is 4. The first-order chi connectivity index (χ1) is 19.7. The molecular weight excluding hydrogens is 538 g/mol. The maximum Gasteiger partial charge on any atom is 0.333 e. The van der Waals surface area contributed by atoms with Crippen molar-refractivity contribution in [2.45, 2.75) is 62.6 Å². The van der Waals surface area contributed by atoms with Crippen LogP contribution in [0, 0.1) is 11.8 Å². The number of hydrogen-bond donors (Lipinski definition) is 3. The number of benzene rings is 1. The molecule has 1 saturated carbocycles. The summed E-state index contributed by atoms with van der Waals surface area (Å²) in [7, 11) is 1.52. The van der Waals surface area contributed by atoms with Crippen LogP contribution in [0.5, 0.6) is 5.75 Å². The molecule has 5 atom stereocenters. The second-order valence-corrected chi connectivity index (χ2v) is 11.3. The van der Waals surface area contributed by atoms with Crippen molar-refractivity contribution < 1.29 is 37.4 Å². The molecule has 0 radical (unpaired) electrons. The number of aromatic amines is 1. The average Bonchev–Trinajstić information content (AvgIpc) is 3.67. The van der Waals surface area contributed by atoms with Gasteiger partial charge < -0.3 is 30.0 Å². The number of carbonyl (C=O) groups is 4. The van der Waals surface area contributed by atoms with E-state index in [1.807, 2.05) is 0 Å². The third-order valence-electron chi connectivity index (χ3n) is 8.81. The fourth-order valence-electron chi connectivity index (χ4n) is 6.81. The molecule has 2 aromatic rings. The minimum absolute atomic E-state index is 0.100. The summed E-state index contributed by atoms with van der Waals surface area (Å²) < 4.78 is 40.9. The number of ether oxygens (including phenoxy) is 2. The van der Waals surface area contributed by atoms with Crippen molar-refractivity contribution in [1.29, 1.82) is 0 Å². The normalized spacial score (nSPS) is 28.6. The van der Waals surface area contributed by atoms with Crippen LogP contribution in [0.1, 0.15) is 49.0 Å². The molecule has 218 valence electrons. The molecule has 4 aliphatic heterocycles. The van der Waals surface area contributed by atoms with Gasteiger partial charge >= 0.3 is 5.97 Å². The lowest BCUT2D eigenvalue weighted by Gasteiger charge is -2.53. The molecule has 7 rings (SSSR count). The van der Waals surface area contributed by atoms with E-state index in [1.54, 1.807) is 30.3 Å². The third-order valence-corrected chi connectivity index (χ3v) is 8.81. The summed E-state index contributed by atoms with van der Waals surface area (Å²) in [5, 5.41) is 6.25. The molecule has 3 amide bonds. The Labute approximate surface area is 234 Å². The Kier molecular flexibility index (Phi) is 6.95. The average molecular weight is 571 g/mol. The Balaban J connectivity index is 1.32. The van der Waals surface area contributed by atoms with Crippen LogP contribution in [0.3, 0.4) is 0 Å². The highest BCUT2D eigenvalue weighted by molar-refractivity contribution is 6.02. The first-order valence-electron chi connectivity index (χ1n) is 14.0. The number of carbonyl (C=O) groups excluding carboxylic acids is 4. The molecule has 5 fully saturated rings. The van der Waals surface area contributed by atoms with Crippen LogP contribution in [0.4, 0.5) is 8.78 Å². The minimum atomic E-state index is -3.13. The highest BCUT2D eigenvalue weighted by Crippen LogP contribution is 2.49. The Morgan fingerprint density at radius 2 is 2.10 bits per heavy atom.